The summed E-state index contributed by atoms with van der Waals surface area (Å²) in [7, 11) is 0. The number of aliphatic carboxylic acids is 1. The molecule has 25 heavy (non-hydrogen) atoms. The van der Waals surface area contributed by atoms with Gasteiger partial charge < -0.3 is 15.2 Å². The van der Waals surface area contributed by atoms with Crippen LogP contribution in [-0.2, 0) is 4.79 Å². The van der Waals surface area contributed by atoms with Crippen LogP contribution in [0, 0.1) is 5.41 Å². The molecule has 0 amide bonds. The maximum Gasteiger partial charge on any atom is 0.430 e. The molecule has 1 heterocycles. The highest BCUT2D eigenvalue weighted by Crippen LogP contribution is 2.40. The predicted molar refractivity (Wildman–Crippen MR) is 90.1 cm³/mol. The lowest BCUT2D eigenvalue weighted by Crippen LogP contribution is -2.40. The van der Waals surface area contributed by atoms with E-state index in [0.29, 0.717) is 12.2 Å². The molecule has 1 aromatic carbocycles. The number of anilines is 1. The summed E-state index contributed by atoms with van der Waals surface area (Å²) in [5.74, 6) is -1.74. The quantitative estimate of drug-likeness (QED) is 0.777. The zero-order chi connectivity index (χ0) is 19.0. The molecule has 0 radical (unpaired) electrons. The van der Waals surface area contributed by atoms with Gasteiger partial charge in [-0.3, -0.25) is 0 Å². The Morgan fingerprint density at radius 1 is 1.32 bits per heavy atom. The second-order valence-electron chi connectivity index (χ2n) is 7.05. The highest BCUT2D eigenvalue weighted by Gasteiger charge is 2.48. The molecule has 2 rings (SSSR count). The fourth-order valence-corrected chi connectivity index (χ4v) is 2.58. The third kappa shape index (κ3) is 4.81. The molecule has 1 aromatic rings. The topological polar surface area (TPSA) is 58.6 Å². The van der Waals surface area contributed by atoms with E-state index in [1.807, 2.05) is 0 Å². The lowest BCUT2D eigenvalue weighted by atomic mass is 9.92. The van der Waals surface area contributed by atoms with Crippen molar-refractivity contribution >= 4 is 29.3 Å². The second-order valence-corrected chi connectivity index (χ2v) is 7.46. The molecule has 0 bridgehead atoms. The summed E-state index contributed by atoms with van der Waals surface area (Å²) >= 11 is 6.15. The first-order valence-electron chi connectivity index (χ1n) is 7.64. The minimum absolute atomic E-state index is 0.0602. The number of fused-ring (bicyclic) bond motifs is 1. The van der Waals surface area contributed by atoms with Crippen molar-refractivity contribution in [2.24, 2.45) is 5.41 Å². The first-order chi connectivity index (χ1) is 11.4. The molecule has 0 aliphatic carbocycles. The van der Waals surface area contributed by atoms with Crippen LogP contribution in [0.25, 0.3) is 6.08 Å². The third-order valence-corrected chi connectivity index (χ3v) is 3.99. The van der Waals surface area contributed by atoms with Crippen molar-refractivity contribution in [1.29, 1.82) is 0 Å². The van der Waals surface area contributed by atoms with Crippen LogP contribution in [0.15, 0.2) is 17.7 Å². The minimum Gasteiger partial charge on any atom is -0.478 e. The normalized spacial score (nSPS) is 17.4. The van der Waals surface area contributed by atoms with Gasteiger partial charge in [0.15, 0.2) is 0 Å². The fourth-order valence-electron chi connectivity index (χ4n) is 2.34. The van der Waals surface area contributed by atoms with Gasteiger partial charge in [0.25, 0.3) is 0 Å². The molecule has 0 spiro atoms. The molecule has 0 aromatic heterocycles. The Morgan fingerprint density at radius 3 is 2.48 bits per heavy atom. The van der Waals surface area contributed by atoms with Gasteiger partial charge in [0.1, 0.15) is 5.75 Å². The van der Waals surface area contributed by atoms with E-state index in [1.165, 1.54) is 12.1 Å². The summed E-state index contributed by atoms with van der Waals surface area (Å²) in [6, 6.07) is 2.76. The lowest BCUT2D eigenvalue weighted by molar-refractivity contribution is -0.187. The molecule has 8 heteroatoms. The Morgan fingerprint density at radius 2 is 1.96 bits per heavy atom. The number of halogens is 4. The molecule has 2 N–H and O–H groups in total. The smallest absolute Gasteiger partial charge is 0.430 e. The van der Waals surface area contributed by atoms with Crippen molar-refractivity contribution in [3.8, 4) is 5.75 Å². The van der Waals surface area contributed by atoms with E-state index < -0.39 is 23.8 Å². The Hall–Kier alpha value is -1.89. The zero-order valence-corrected chi connectivity index (χ0v) is 14.8. The Balaban J connectivity index is 2.32. The number of hydrogen-bond donors (Lipinski definition) is 2. The highest BCUT2D eigenvalue weighted by atomic mass is 35.5. The number of nitrogens with one attached hydrogen (secondary N) is 1. The number of rotatable bonds is 4. The number of benzene rings is 1. The van der Waals surface area contributed by atoms with E-state index in [4.69, 9.17) is 21.4 Å². The van der Waals surface area contributed by atoms with Crippen LogP contribution in [0.4, 0.5) is 18.9 Å². The van der Waals surface area contributed by atoms with Crippen LogP contribution < -0.4 is 10.1 Å². The molecule has 0 saturated heterocycles. The van der Waals surface area contributed by atoms with Gasteiger partial charge in [0.2, 0.25) is 6.10 Å². The van der Waals surface area contributed by atoms with E-state index in [0.717, 1.165) is 12.5 Å². The summed E-state index contributed by atoms with van der Waals surface area (Å²) in [6.07, 6.45) is -5.57. The summed E-state index contributed by atoms with van der Waals surface area (Å²) in [6.45, 7) is 6.79. The maximum atomic E-state index is 13.1. The van der Waals surface area contributed by atoms with Gasteiger partial charge in [-0.05, 0) is 24.0 Å². The van der Waals surface area contributed by atoms with Crippen LogP contribution in [-0.4, -0.2) is 29.9 Å². The molecule has 1 atom stereocenters. The van der Waals surface area contributed by atoms with Gasteiger partial charge in [-0.1, -0.05) is 32.4 Å². The monoisotopic (exact) mass is 377 g/mol. The lowest BCUT2D eigenvalue weighted by Gasteiger charge is -2.28. The summed E-state index contributed by atoms with van der Waals surface area (Å²) in [5.41, 5.74) is -0.142. The molecule has 0 fully saturated rings. The van der Waals surface area contributed by atoms with Gasteiger partial charge in [0, 0.05) is 18.2 Å². The summed E-state index contributed by atoms with van der Waals surface area (Å²) < 4.78 is 44.2. The SMILES string of the molecule is CC(C)(C)CCNc1cc2c(cc1Cl)C=C(C(=O)O)C(C(F)(F)F)O2. The molecular weight excluding hydrogens is 359 g/mol. The number of carboxylic acid groups (broad SMARTS) is 1. The van der Waals surface area contributed by atoms with Crippen LogP contribution >= 0.6 is 11.6 Å². The van der Waals surface area contributed by atoms with Crippen molar-refractivity contribution in [3.63, 3.8) is 0 Å². The van der Waals surface area contributed by atoms with E-state index in [-0.39, 0.29) is 21.8 Å². The standard InChI is InChI=1S/C17H19ClF3NO3/c1-16(2,3)4-5-22-12-8-13-9(7-11(12)18)6-10(15(23)24)14(25-13)17(19,20)21/h6-8,14,22H,4-5H2,1-3H3,(H,23,24). The second kappa shape index (κ2) is 6.78. The van der Waals surface area contributed by atoms with Crippen LogP contribution in [0.5, 0.6) is 5.75 Å². The van der Waals surface area contributed by atoms with E-state index in [9.17, 15) is 18.0 Å². The average molecular weight is 378 g/mol. The molecule has 1 aliphatic rings. The van der Waals surface area contributed by atoms with Crippen molar-refractivity contribution < 1.29 is 27.8 Å². The van der Waals surface area contributed by atoms with Crippen molar-refractivity contribution in [2.75, 3.05) is 11.9 Å². The largest absolute Gasteiger partial charge is 0.478 e. The molecule has 138 valence electrons. The molecule has 1 unspecified atom stereocenters. The summed E-state index contributed by atoms with van der Waals surface area (Å²) in [4.78, 5) is 11.1. The highest BCUT2D eigenvalue weighted by molar-refractivity contribution is 6.33. The molecule has 4 nitrogen and oxygen atoms in total. The van der Waals surface area contributed by atoms with Crippen LogP contribution in [0.1, 0.15) is 32.8 Å². The van der Waals surface area contributed by atoms with Gasteiger partial charge in [-0.25, -0.2) is 4.79 Å². The number of ether oxygens (including phenoxy) is 1. The number of carboxylic acids is 1. The van der Waals surface area contributed by atoms with Gasteiger partial charge >= 0.3 is 12.1 Å². The first kappa shape index (κ1) is 19.4. The zero-order valence-electron chi connectivity index (χ0n) is 14.0. The molecular formula is C17H19ClF3NO3. The minimum atomic E-state index is -4.83. The van der Waals surface area contributed by atoms with E-state index in [2.05, 4.69) is 26.1 Å². The molecule has 0 saturated carbocycles. The van der Waals surface area contributed by atoms with Gasteiger partial charge in [0.05, 0.1) is 16.3 Å². The summed E-state index contributed by atoms with van der Waals surface area (Å²) in [5, 5.41) is 12.4. The maximum absolute atomic E-state index is 13.1. The number of hydrogen-bond acceptors (Lipinski definition) is 3. The van der Waals surface area contributed by atoms with E-state index >= 15 is 0 Å². The van der Waals surface area contributed by atoms with Crippen molar-refractivity contribution in [1.82, 2.24) is 0 Å². The Labute approximate surface area is 148 Å². The van der Waals surface area contributed by atoms with Crippen LogP contribution in [0.2, 0.25) is 5.02 Å². The predicted octanol–water partition coefficient (Wildman–Crippen LogP) is 4.98. The number of carbonyl (C=O) groups is 1. The third-order valence-electron chi connectivity index (χ3n) is 3.67. The van der Waals surface area contributed by atoms with Crippen molar-refractivity contribution in [3.05, 3.63) is 28.3 Å². The van der Waals surface area contributed by atoms with E-state index in [1.54, 1.807) is 0 Å². The van der Waals surface area contributed by atoms with Crippen molar-refractivity contribution in [2.45, 2.75) is 39.5 Å². The average Bonchev–Trinajstić information content (AvgIpc) is 2.44. The Kier molecular flexibility index (Phi) is 5.27. The first-order valence-corrected chi connectivity index (χ1v) is 8.02. The Bertz CT molecular complexity index is 708. The number of alkyl halides is 3. The fraction of sp³-hybridized carbons (Fsp3) is 0.471. The van der Waals surface area contributed by atoms with Gasteiger partial charge in [-0.15, -0.1) is 0 Å². The molecule has 1 aliphatic heterocycles. The van der Waals surface area contributed by atoms with Gasteiger partial charge in [-0.2, -0.15) is 13.2 Å². The van der Waals surface area contributed by atoms with Crippen LogP contribution in [0.3, 0.4) is 0 Å².